The van der Waals surface area contributed by atoms with E-state index in [1.54, 1.807) is 16.5 Å². The zero-order valence-electron chi connectivity index (χ0n) is 22.6. The lowest BCUT2D eigenvalue weighted by Crippen LogP contribution is -2.55. The summed E-state index contributed by atoms with van der Waals surface area (Å²) in [4.78, 5) is 33.4. The maximum absolute atomic E-state index is 12.5. The van der Waals surface area contributed by atoms with Crippen molar-refractivity contribution in [2.24, 2.45) is 7.05 Å². The minimum Gasteiger partial charge on any atom is -0.492 e. The molecule has 39 heavy (non-hydrogen) atoms. The fourth-order valence-electron chi connectivity index (χ4n) is 5.55. The number of nitrogens with zero attached hydrogens (tertiary/aromatic N) is 4. The first-order valence-corrected chi connectivity index (χ1v) is 13.4. The Morgan fingerprint density at radius 2 is 1.77 bits per heavy atom. The standard InChI is InChI=1S/C32H32N4O3/c1-21-31(37)34(2)13-14-36(21)15-16-39-26-11-9-22(10-12-26)23-7-8-24-18-30(33-19-25(24)17-23)29-20-35(3)32(38)28-6-4-5-27(28)29/h4-5,7-12,17-21H,6,13-16H2,1-3H3/t21-/m1/s1. The molecule has 1 aliphatic carbocycles. The number of hydrogen-bond acceptors (Lipinski definition) is 5. The molecule has 1 atom stereocenters. The Bertz CT molecular complexity index is 1660. The van der Waals surface area contributed by atoms with Gasteiger partial charge < -0.3 is 14.2 Å². The Balaban J connectivity index is 1.15. The molecular weight excluding hydrogens is 488 g/mol. The number of aryl methyl sites for hydroxylation is 1. The van der Waals surface area contributed by atoms with Crippen LogP contribution in [0.5, 0.6) is 5.75 Å². The van der Waals surface area contributed by atoms with Gasteiger partial charge in [-0.05, 0) is 59.7 Å². The summed E-state index contributed by atoms with van der Waals surface area (Å²) in [5, 5.41) is 2.16. The van der Waals surface area contributed by atoms with Crippen LogP contribution in [0.15, 0.2) is 71.8 Å². The summed E-state index contributed by atoms with van der Waals surface area (Å²) in [7, 11) is 3.65. The number of amides is 1. The molecule has 7 nitrogen and oxygen atoms in total. The number of allylic oxidation sites excluding steroid dienone is 1. The molecule has 6 rings (SSSR count). The molecule has 3 heterocycles. The number of fused-ring (bicyclic) bond motifs is 2. The molecule has 7 heteroatoms. The summed E-state index contributed by atoms with van der Waals surface area (Å²) in [6.07, 6.45) is 8.53. The lowest BCUT2D eigenvalue weighted by Gasteiger charge is -2.37. The van der Waals surface area contributed by atoms with Crippen LogP contribution < -0.4 is 10.3 Å². The Labute approximate surface area is 228 Å². The van der Waals surface area contributed by atoms with E-state index in [2.05, 4.69) is 41.3 Å². The van der Waals surface area contributed by atoms with Gasteiger partial charge in [0.05, 0.1) is 11.7 Å². The molecule has 2 aromatic heterocycles. The molecule has 0 N–H and O–H groups in total. The molecular formula is C32H32N4O3. The third-order valence-corrected chi connectivity index (χ3v) is 7.96. The Morgan fingerprint density at radius 1 is 0.974 bits per heavy atom. The van der Waals surface area contributed by atoms with Gasteiger partial charge in [0, 0.05) is 62.6 Å². The van der Waals surface area contributed by atoms with E-state index in [1.807, 2.05) is 50.6 Å². The van der Waals surface area contributed by atoms with Gasteiger partial charge in [0.15, 0.2) is 0 Å². The lowest BCUT2D eigenvalue weighted by molar-refractivity contribution is -0.139. The van der Waals surface area contributed by atoms with Crippen molar-refractivity contribution in [3.05, 3.63) is 88.5 Å². The fraction of sp³-hybridized carbons (Fsp3) is 0.281. The van der Waals surface area contributed by atoms with Crippen LogP contribution in [0.1, 0.15) is 18.1 Å². The zero-order valence-corrected chi connectivity index (χ0v) is 22.6. The quantitative estimate of drug-likeness (QED) is 0.378. The number of hydrogen-bond donors (Lipinski definition) is 0. The number of piperazine rings is 1. The molecule has 0 spiro atoms. The van der Waals surface area contributed by atoms with E-state index in [0.29, 0.717) is 13.0 Å². The summed E-state index contributed by atoms with van der Waals surface area (Å²) in [5.41, 5.74) is 5.94. The van der Waals surface area contributed by atoms with Gasteiger partial charge in [-0.3, -0.25) is 19.5 Å². The Morgan fingerprint density at radius 3 is 2.59 bits per heavy atom. The zero-order chi connectivity index (χ0) is 27.1. The lowest BCUT2D eigenvalue weighted by atomic mass is 9.99. The van der Waals surface area contributed by atoms with Crippen molar-refractivity contribution in [1.82, 2.24) is 19.4 Å². The number of rotatable bonds is 6. The second-order valence-electron chi connectivity index (χ2n) is 10.4. The summed E-state index contributed by atoms with van der Waals surface area (Å²) >= 11 is 0. The van der Waals surface area contributed by atoms with Gasteiger partial charge in [-0.1, -0.05) is 36.4 Å². The van der Waals surface area contributed by atoms with Gasteiger partial charge in [-0.2, -0.15) is 0 Å². The van der Waals surface area contributed by atoms with Gasteiger partial charge in [-0.25, -0.2) is 0 Å². The smallest absolute Gasteiger partial charge is 0.254 e. The number of ether oxygens (including phenoxy) is 1. The van der Waals surface area contributed by atoms with E-state index >= 15 is 0 Å². The molecule has 0 bridgehead atoms. The number of benzene rings is 2. The van der Waals surface area contributed by atoms with Crippen LogP contribution in [0.3, 0.4) is 0 Å². The average Bonchev–Trinajstić information content (AvgIpc) is 3.45. The molecule has 0 radical (unpaired) electrons. The van der Waals surface area contributed by atoms with Crippen molar-refractivity contribution >= 4 is 22.8 Å². The predicted molar refractivity (Wildman–Crippen MR) is 155 cm³/mol. The summed E-state index contributed by atoms with van der Waals surface area (Å²) in [6, 6.07) is 16.5. The number of likely N-dealkylation sites (N-methyl/N-ethyl adjacent to an activating group) is 1. The van der Waals surface area contributed by atoms with Crippen molar-refractivity contribution in [1.29, 1.82) is 0 Å². The third kappa shape index (κ3) is 4.74. The highest BCUT2D eigenvalue weighted by molar-refractivity contribution is 5.90. The van der Waals surface area contributed by atoms with E-state index in [4.69, 9.17) is 9.72 Å². The molecule has 1 saturated heterocycles. The van der Waals surface area contributed by atoms with Gasteiger partial charge in [0.25, 0.3) is 5.56 Å². The molecule has 0 saturated carbocycles. The molecule has 198 valence electrons. The molecule has 0 unspecified atom stereocenters. The normalized spacial score (nSPS) is 17.2. The van der Waals surface area contributed by atoms with Crippen molar-refractivity contribution in [2.45, 2.75) is 19.4 Å². The highest BCUT2D eigenvalue weighted by Gasteiger charge is 2.28. The first kappa shape index (κ1) is 25.1. The van der Waals surface area contributed by atoms with E-state index in [9.17, 15) is 9.59 Å². The summed E-state index contributed by atoms with van der Waals surface area (Å²) < 4.78 is 7.63. The van der Waals surface area contributed by atoms with Crippen LogP contribution in [-0.4, -0.2) is 64.6 Å². The number of pyridine rings is 2. The van der Waals surface area contributed by atoms with Gasteiger partial charge in [0.2, 0.25) is 5.91 Å². The maximum Gasteiger partial charge on any atom is 0.254 e. The predicted octanol–water partition coefficient (Wildman–Crippen LogP) is 4.38. The Hall–Kier alpha value is -4.23. The molecule has 2 aromatic carbocycles. The van der Waals surface area contributed by atoms with Gasteiger partial charge in [-0.15, -0.1) is 0 Å². The molecule has 4 aromatic rings. The fourth-order valence-corrected chi connectivity index (χ4v) is 5.55. The number of carbonyl (C=O) groups is 1. The van der Waals surface area contributed by atoms with Crippen LogP contribution in [0.2, 0.25) is 0 Å². The van der Waals surface area contributed by atoms with Crippen LogP contribution in [0, 0.1) is 0 Å². The van der Waals surface area contributed by atoms with E-state index in [0.717, 1.165) is 69.7 Å². The highest BCUT2D eigenvalue weighted by atomic mass is 16.5. The summed E-state index contributed by atoms with van der Waals surface area (Å²) in [6.45, 7) is 4.85. The average molecular weight is 521 g/mol. The van der Waals surface area contributed by atoms with Crippen molar-refractivity contribution in [3.8, 4) is 28.1 Å². The highest BCUT2D eigenvalue weighted by Crippen LogP contribution is 2.31. The molecule has 1 amide bonds. The SMILES string of the molecule is C[C@@H]1C(=O)N(C)CCN1CCOc1ccc(-c2ccc3cc(-c4cn(C)c(=O)c5c4C=CC5)ncc3c2)cc1. The van der Waals surface area contributed by atoms with Crippen LogP contribution in [0.25, 0.3) is 39.2 Å². The molecule has 2 aliphatic rings. The largest absolute Gasteiger partial charge is 0.492 e. The third-order valence-electron chi connectivity index (χ3n) is 7.96. The maximum atomic E-state index is 12.5. The minimum atomic E-state index is -0.104. The van der Waals surface area contributed by atoms with Crippen LogP contribution >= 0.6 is 0 Å². The molecule has 1 fully saturated rings. The number of carbonyl (C=O) groups excluding carboxylic acids is 1. The first-order valence-electron chi connectivity index (χ1n) is 13.4. The topological polar surface area (TPSA) is 67.7 Å². The van der Waals surface area contributed by atoms with Gasteiger partial charge >= 0.3 is 0 Å². The van der Waals surface area contributed by atoms with E-state index in [1.165, 1.54) is 0 Å². The second-order valence-corrected chi connectivity index (χ2v) is 10.4. The van der Waals surface area contributed by atoms with Crippen LogP contribution in [0.4, 0.5) is 0 Å². The minimum absolute atomic E-state index is 0.0571. The summed E-state index contributed by atoms with van der Waals surface area (Å²) in [5.74, 6) is 0.984. The van der Waals surface area contributed by atoms with Crippen molar-refractivity contribution < 1.29 is 9.53 Å². The van der Waals surface area contributed by atoms with Gasteiger partial charge in [0.1, 0.15) is 12.4 Å². The van der Waals surface area contributed by atoms with Crippen molar-refractivity contribution in [3.63, 3.8) is 0 Å². The second kappa shape index (κ2) is 10.2. The molecule has 1 aliphatic heterocycles. The Kier molecular flexibility index (Phi) is 6.53. The van der Waals surface area contributed by atoms with E-state index < -0.39 is 0 Å². The van der Waals surface area contributed by atoms with E-state index in [-0.39, 0.29) is 17.5 Å². The van der Waals surface area contributed by atoms with Crippen LogP contribution in [-0.2, 0) is 18.3 Å². The first-order chi connectivity index (χ1) is 18.9. The number of aromatic nitrogens is 2. The van der Waals surface area contributed by atoms with Crippen molar-refractivity contribution in [2.75, 3.05) is 33.3 Å². The monoisotopic (exact) mass is 520 g/mol.